The average Bonchev–Trinajstić information content (AvgIpc) is 2.54. The number of para-hydroxylation sites is 1. The summed E-state index contributed by atoms with van der Waals surface area (Å²) < 4.78 is 5.67. The average molecular weight is 335 g/mol. The van der Waals surface area contributed by atoms with E-state index in [1.54, 1.807) is 18.2 Å². The van der Waals surface area contributed by atoms with Gasteiger partial charge < -0.3 is 15.8 Å². The van der Waals surface area contributed by atoms with Crippen LogP contribution in [-0.4, -0.2) is 19.1 Å². The molecule has 0 aliphatic carbocycles. The van der Waals surface area contributed by atoms with Crippen molar-refractivity contribution >= 4 is 24.0 Å². The van der Waals surface area contributed by atoms with Crippen LogP contribution in [0.4, 0.5) is 5.69 Å². The molecule has 5 heteroatoms. The SMILES string of the molecule is CC(CNC(=O)c1ccccc1N)COCc1ccccc1.Cl. The number of nitrogens with two attached hydrogens (primary N) is 1. The van der Waals surface area contributed by atoms with Crippen molar-refractivity contribution in [3.05, 3.63) is 65.7 Å². The van der Waals surface area contributed by atoms with Crippen LogP contribution in [0.5, 0.6) is 0 Å². The number of carbonyl (C=O) groups excluding carboxylic acids is 1. The predicted molar refractivity (Wildman–Crippen MR) is 95.7 cm³/mol. The third kappa shape index (κ3) is 6.30. The van der Waals surface area contributed by atoms with Gasteiger partial charge in [0.1, 0.15) is 0 Å². The number of ether oxygens (including phenoxy) is 1. The second-order valence-corrected chi connectivity index (χ2v) is 5.40. The molecule has 2 aromatic rings. The summed E-state index contributed by atoms with van der Waals surface area (Å²) in [6.07, 6.45) is 0. The zero-order valence-electron chi connectivity index (χ0n) is 13.2. The highest BCUT2D eigenvalue weighted by atomic mass is 35.5. The second kappa shape index (κ2) is 9.87. The van der Waals surface area contributed by atoms with Gasteiger partial charge in [0.05, 0.1) is 18.8 Å². The fraction of sp³-hybridized carbons (Fsp3) is 0.278. The van der Waals surface area contributed by atoms with Crippen molar-refractivity contribution in [3.63, 3.8) is 0 Å². The number of nitrogen functional groups attached to an aromatic ring is 1. The summed E-state index contributed by atoms with van der Waals surface area (Å²) in [5.74, 6) is 0.0885. The van der Waals surface area contributed by atoms with E-state index in [1.165, 1.54) is 0 Å². The Bertz CT molecular complexity index is 605. The van der Waals surface area contributed by atoms with Crippen molar-refractivity contribution < 1.29 is 9.53 Å². The first-order valence-electron chi connectivity index (χ1n) is 7.41. The lowest BCUT2D eigenvalue weighted by Gasteiger charge is -2.14. The number of rotatable bonds is 7. The first-order chi connectivity index (χ1) is 10.7. The van der Waals surface area contributed by atoms with E-state index >= 15 is 0 Å². The molecule has 2 rings (SSSR count). The maximum Gasteiger partial charge on any atom is 0.253 e. The van der Waals surface area contributed by atoms with E-state index in [0.29, 0.717) is 31.0 Å². The number of hydrogen-bond acceptors (Lipinski definition) is 3. The van der Waals surface area contributed by atoms with Crippen molar-refractivity contribution in [2.24, 2.45) is 5.92 Å². The van der Waals surface area contributed by atoms with Crippen LogP contribution in [0.3, 0.4) is 0 Å². The van der Waals surface area contributed by atoms with E-state index in [1.807, 2.05) is 43.3 Å². The van der Waals surface area contributed by atoms with Crippen molar-refractivity contribution in [2.75, 3.05) is 18.9 Å². The highest BCUT2D eigenvalue weighted by Crippen LogP contribution is 2.10. The number of anilines is 1. The summed E-state index contributed by atoms with van der Waals surface area (Å²) >= 11 is 0. The largest absolute Gasteiger partial charge is 0.398 e. The number of amides is 1. The summed E-state index contributed by atoms with van der Waals surface area (Å²) in [6.45, 7) is 3.78. The number of carbonyl (C=O) groups is 1. The Kier molecular flexibility index (Phi) is 8.16. The Morgan fingerprint density at radius 1 is 1.13 bits per heavy atom. The smallest absolute Gasteiger partial charge is 0.253 e. The Labute approximate surface area is 143 Å². The molecule has 23 heavy (non-hydrogen) atoms. The first kappa shape index (κ1) is 19.0. The van der Waals surface area contributed by atoms with Gasteiger partial charge in [-0.05, 0) is 23.6 Å². The third-order valence-electron chi connectivity index (χ3n) is 3.33. The molecular weight excluding hydrogens is 312 g/mol. The van der Waals surface area contributed by atoms with Gasteiger partial charge in [0.15, 0.2) is 0 Å². The van der Waals surface area contributed by atoms with Crippen LogP contribution in [0.25, 0.3) is 0 Å². The van der Waals surface area contributed by atoms with Gasteiger partial charge in [-0.3, -0.25) is 4.79 Å². The van der Waals surface area contributed by atoms with Crippen molar-refractivity contribution in [3.8, 4) is 0 Å². The fourth-order valence-electron chi connectivity index (χ4n) is 2.08. The minimum atomic E-state index is -0.145. The highest BCUT2D eigenvalue weighted by Gasteiger charge is 2.10. The number of nitrogens with one attached hydrogen (secondary N) is 1. The van der Waals surface area contributed by atoms with E-state index in [9.17, 15) is 4.79 Å². The van der Waals surface area contributed by atoms with Crippen LogP contribution in [0.1, 0.15) is 22.8 Å². The Balaban J connectivity index is 0.00000264. The standard InChI is InChI=1S/C18H22N2O2.ClH/c1-14(12-22-13-15-7-3-2-4-8-15)11-20-18(21)16-9-5-6-10-17(16)19;/h2-10,14H,11-13,19H2,1H3,(H,20,21);1H. The van der Waals surface area contributed by atoms with Crippen LogP contribution in [0, 0.1) is 5.92 Å². The third-order valence-corrected chi connectivity index (χ3v) is 3.33. The van der Waals surface area contributed by atoms with Gasteiger partial charge in [-0.2, -0.15) is 0 Å². The van der Waals surface area contributed by atoms with E-state index < -0.39 is 0 Å². The lowest BCUT2D eigenvalue weighted by Crippen LogP contribution is -2.30. The molecule has 4 nitrogen and oxygen atoms in total. The fourth-order valence-corrected chi connectivity index (χ4v) is 2.08. The first-order valence-corrected chi connectivity index (χ1v) is 7.41. The van der Waals surface area contributed by atoms with Gasteiger partial charge in [-0.15, -0.1) is 12.4 Å². The van der Waals surface area contributed by atoms with Crippen molar-refractivity contribution in [1.29, 1.82) is 0 Å². The second-order valence-electron chi connectivity index (χ2n) is 5.40. The van der Waals surface area contributed by atoms with Crippen LogP contribution >= 0.6 is 12.4 Å². The molecule has 1 unspecified atom stereocenters. The normalized spacial score (nSPS) is 11.3. The lowest BCUT2D eigenvalue weighted by atomic mass is 10.1. The predicted octanol–water partition coefficient (Wildman–Crippen LogP) is 3.27. The van der Waals surface area contributed by atoms with Crippen molar-refractivity contribution in [1.82, 2.24) is 5.32 Å². The molecule has 0 radical (unpaired) electrons. The van der Waals surface area contributed by atoms with E-state index in [4.69, 9.17) is 10.5 Å². The van der Waals surface area contributed by atoms with E-state index in [2.05, 4.69) is 5.32 Å². The molecule has 124 valence electrons. The topological polar surface area (TPSA) is 64.4 Å². The molecule has 1 atom stereocenters. The van der Waals surface area contributed by atoms with E-state index in [0.717, 1.165) is 5.56 Å². The minimum absolute atomic E-state index is 0. The quantitative estimate of drug-likeness (QED) is 0.764. The van der Waals surface area contributed by atoms with Crippen LogP contribution in [0.2, 0.25) is 0 Å². The molecular formula is C18H23ClN2O2. The van der Waals surface area contributed by atoms with Crippen LogP contribution in [-0.2, 0) is 11.3 Å². The van der Waals surface area contributed by atoms with Gasteiger partial charge in [0.25, 0.3) is 5.91 Å². The van der Waals surface area contributed by atoms with Gasteiger partial charge >= 0.3 is 0 Å². The molecule has 0 aliphatic heterocycles. The summed E-state index contributed by atoms with van der Waals surface area (Å²) in [5.41, 5.74) is 7.94. The maximum absolute atomic E-state index is 12.0. The molecule has 0 aromatic heterocycles. The molecule has 0 spiro atoms. The molecule has 0 saturated carbocycles. The summed E-state index contributed by atoms with van der Waals surface area (Å²) in [4.78, 5) is 12.0. The number of benzene rings is 2. The highest BCUT2D eigenvalue weighted by molar-refractivity contribution is 5.99. The van der Waals surface area contributed by atoms with Gasteiger partial charge in [0.2, 0.25) is 0 Å². The zero-order valence-corrected chi connectivity index (χ0v) is 14.0. The van der Waals surface area contributed by atoms with E-state index in [-0.39, 0.29) is 24.2 Å². The molecule has 1 amide bonds. The van der Waals surface area contributed by atoms with Gasteiger partial charge in [0, 0.05) is 12.2 Å². The number of halogens is 1. The summed E-state index contributed by atoms with van der Waals surface area (Å²) in [7, 11) is 0. The Morgan fingerprint density at radius 3 is 2.48 bits per heavy atom. The summed E-state index contributed by atoms with van der Waals surface area (Å²) in [6, 6.07) is 17.1. The maximum atomic E-state index is 12.0. The molecule has 0 aliphatic rings. The lowest BCUT2D eigenvalue weighted by molar-refractivity contribution is 0.0844. The Morgan fingerprint density at radius 2 is 1.78 bits per heavy atom. The zero-order chi connectivity index (χ0) is 15.8. The molecule has 0 bridgehead atoms. The van der Waals surface area contributed by atoms with Crippen LogP contribution in [0.15, 0.2) is 54.6 Å². The van der Waals surface area contributed by atoms with Crippen LogP contribution < -0.4 is 11.1 Å². The monoisotopic (exact) mass is 334 g/mol. The molecule has 0 saturated heterocycles. The number of hydrogen-bond donors (Lipinski definition) is 2. The summed E-state index contributed by atoms with van der Waals surface area (Å²) in [5, 5.41) is 2.89. The molecule has 0 fully saturated rings. The molecule has 2 aromatic carbocycles. The molecule has 3 N–H and O–H groups in total. The van der Waals surface area contributed by atoms with Gasteiger partial charge in [-0.25, -0.2) is 0 Å². The van der Waals surface area contributed by atoms with Crippen molar-refractivity contribution in [2.45, 2.75) is 13.5 Å². The molecule has 0 heterocycles. The Hall–Kier alpha value is -2.04. The van der Waals surface area contributed by atoms with Gasteiger partial charge in [-0.1, -0.05) is 49.4 Å². The minimum Gasteiger partial charge on any atom is -0.398 e.